The highest BCUT2D eigenvalue weighted by atomic mass is 79.9. The van der Waals surface area contributed by atoms with Gasteiger partial charge in [0.25, 0.3) is 5.91 Å². The fraction of sp³-hybridized carbons (Fsp3) is 0.231. The van der Waals surface area contributed by atoms with E-state index in [2.05, 4.69) is 26.3 Å². The van der Waals surface area contributed by atoms with Crippen molar-refractivity contribution in [3.05, 3.63) is 45.6 Å². The molecule has 0 spiro atoms. The van der Waals surface area contributed by atoms with Gasteiger partial charge in [0.15, 0.2) is 0 Å². The lowest BCUT2D eigenvalue weighted by atomic mass is 10.1. The van der Waals surface area contributed by atoms with Crippen LogP contribution in [0.3, 0.4) is 0 Å². The number of anilines is 1. The highest BCUT2D eigenvalue weighted by Crippen LogP contribution is 2.16. The van der Waals surface area contributed by atoms with Crippen molar-refractivity contribution in [2.75, 3.05) is 5.73 Å². The number of nitrogens with zero attached hydrogens (tertiary/aromatic N) is 2. The third-order valence-corrected chi connectivity index (χ3v) is 3.44. The summed E-state index contributed by atoms with van der Waals surface area (Å²) in [6, 6.07) is 5.61. The Balaban J connectivity index is 2.09. The van der Waals surface area contributed by atoms with Gasteiger partial charge in [0.1, 0.15) is 5.82 Å². The van der Waals surface area contributed by atoms with Gasteiger partial charge >= 0.3 is 0 Å². The third-order valence-electron chi connectivity index (χ3n) is 2.95. The lowest BCUT2D eigenvalue weighted by Gasteiger charge is -2.08. The van der Waals surface area contributed by atoms with Crippen LogP contribution in [0.5, 0.6) is 0 Å². The predicted octanol–water partition coefficient (Wildman–Crippen LogP) is 2.00. The molecule has 0 aliphatic carbocycles. The van der Waals surface area contributed by atoms with Crippen LogP contribution >= 0.6 is 15.9 Å². The zero-order valence-electron chi connectivity index (χ0n) is 10.8. The summed E-state index contributed by atoms with van der Waals surface area (Å²) in [5, 5.41) is 6.88. The molecular formula is C13H15BrN4O. The van der Waals surface area contributed by atoms with Crippen LogP contribution in [-0.2, 0) is 13.6 Å². The first kappa shape index (κ1) is 13.6. The molecule has 6 heteroatoms. The van der Waals surface area contributed by atoms with E-state index in [0.717, 1.165) is 15.6 Å². The fourth-order valence-corrected chi connectivity index (χ4v) is 2.10. The molecule has 100 valence electrons. The van der Waals surface area contributed by atoms with Crippen molar-refractivity contribution >= 4 is 27.7 Å². The molecular weight excluding hydrogens is 308 g/mol. The zero-order chi connectivity index (χ0) is 14.0. The second-order valence-corrected chi connectivity index (χ2v) is 5.24. The molecule has 0 bridgehead atoms. The molecule has 2 rings (SSSR count). The number of rotatable bonds is 3. The van der Waals surface area contributed by atoms with E-state index >= 15 is 0 Å². The van der Waals surface area contributed by atoms with Crippen molar-refractivity contribution in [1.29, 1.82) is 0 Å². The van der Waals surface area contributed by atoms with Crippen LogP contribution in [0.1, 0.15) is 21.5 Å². The minimum absolute atomic E-state index is 0.123. The van der Waals surface area contributed by atoms with E-state index in [-0.39, 0.29) is 5.91 Å². The Labute approximate surface area is 119 Å². The van der Waals surface area contributed by atoms with Crippen molar-refractivity contribution in [2.45, 2.75) is 13.5 Å². The molecule has 5 nitrogen and oxygen atoms in total. The Morgan fingerprint density at radius 2 is 2.26 bits per heavy atom. The van der Waals surface area contributed by atoms with Gasteiger partial charge in [-0.05, 0) is 24.6 Å². The quantitative estimate of drug-likeness (QED) is 0.907. The van der Waals surface area contributed by atoms with Gasteiger partial charge in [-0.2, -0.15) is 5.10 Å². The van der Waals surface area contributed by atoms with Crippen LogP contribution in [0, 0.1) is 6.92 Å². The number of aromatic nitrogens is 2. The number of carbonyl (C=O) groups excluding carboxylic acids is 1. The molecule has 0 aliphatic heterocycles. The van der Waals surface area contributed by atoms with E-state index in [1.807, 2.05) is 19.1 Å². The van der Waals surface area contributed by atoms with Crippen molar-refractivity contribution in [3.63, 3.8) is 0 Å². The number of halogens is 1. The number of hydrogen-bond donors (Lipinski definition) is 2. The number of carbonyl (C=O) groups is 1. The zero-order valence-corrected chi connectivity index (χ0v) is 12.4. The summed E-state index contributed by atoms with van der Waals surface area (Å²) in [5.74, 6) is 0.438. The molecule has 0 radical (unpaired) electrons. The Hall–Kier alpha value is -1.82. The van der Waals surface area contributed by atoms with E-state index in [1.54, 1.807) is 24.0 Å². The molecule has 1 aromatic carbocycles. The summed E-state index contributed by atoms with van der Waals surface area (Å²) in [4.78, 5) is 12.1. The standard InChI is InChI=1S/C13H15BrN4O/c1-8-3-4-10(14)5-11(8)13(19)16-6-9-7-17-18(2)12(9)15/h3-5,7H,6,15H2,1-2H3,(H,16,19). The van der Waals surface area contributed by atoms with E-state index in [4.69, 9.17) is 5.73 Å². The van der Waals surface area contributed by atoms with Crippen LogP contribution in [0.2, 0.25) is 0 Å². The van der Waals surface area contributed by atoms with Crippen LogP contribution in [0.25, 0.3) is 0 Å². The van der Waals surface area contributed by atoms with Gasteiger partial charge < -0.3 is 11.1 Å². The number of nitrogens with two attached hydrogens (primary N) is 1. The van der Waals surface area contributed by atoms with Gasteiger partial charge in [0.05, 0.1) is 6.20 Å². The van der Waals surface area contributed by atoms with Crippen LogP contribution in [-0.4, -0.2) is 15.7 Å². The third kappa shape index (κ3) is 2.96. The molecule has 1 heterocycles. The van der Waals surface area contributed by atoms with Gasteiger partial charge in [-0.1, -0.05) is 22.0 Å². The van der Waals surface area contributed by atoms with Gasteiger partial charge in [-0.15, -0.1) is 0 Å². The average Bonchev–Trinajstić information content (AvgIpc) is 2.70. The molecule has 0 saturated heterocycles. The van der Waals surface area contributed by atoms with E-state index in [1.165, 1.54) is 0 Å². The maximum Gasteiger partial charge on any atom is 0.251 e. The summed E-state index contributed by atoms with van der Waals surface area (Å²) >= 11 is 3.36. The molecule has 0 saturated carbocycles. The summed E-state index contributed by atoms with van der Waals surface area (Å²) in [6.07, 6.45) is 1.66. The first-order chi connectivity index (χ1) is 8.99. The maximum absolute atomic E-state index is 12.1. The number of nitrogen functional groups attached to an aromatic ring is 1. The second-order valence-electron chi connectivity index (χ2n) is 4.32. The molecule has 1 amide bonds. The van der Waals surface area contributed by atoms with Crippen molar-refractivity contribution in [2.24, 2.45) is 7.05 Å². The van der Waals surface area contributed by atoms with E-state index in [0.29, 0.717) is 17.9 Å². The monoisotopic (exact) mass is 322 g/mol. The summed E-state index contributed by atoms with van der Waals surface area (Å²) < 4.78 is 2.45. The average molecular weight is 323 g/mol. The first-order valence-corrected chi connectivity index (χ1v) is 6.59. The van der Waals surface area contributed by atoms with Gasteiger partial charge in [-0.25, -0.2) is 0 Å². The van der Waals surface area contributed by atoms with E-state index in [9.17, 15) is 4.79 Å². The van der Waals surface area contributed by atoms with Crippen molar-refractivity contribution in [1.82, 2.24) is 15.1 Å². The van der Waals surface area contributed by atoms with Crippen LogP contribution in [0.15, 0.2) is 28.9 Å². The number of hydrogen-bond acceptors (Lipinski definition) is 3. The molecule has 0 atom stereocenters. The number of aryl methyl sites for hydroxylation is 2. The molecule has 0 fully saturated rings. The van der Waals surface area contributed by atoms with Crippen LogP contribution in [0.4, 0.5) is 5.82 Å². The number of benzene rings is 1. The summed E-state index contributed by atoms with van der Waals surface area (Å²) in [5.41, 5.74) is 8.21. The minimum atomic E-state index is -0.123. The Bertz CT molecular complexity index is 621. The largest absolute Gasteiger partial charge is 0.384 e. The normalized spacial score (nSPS) is 10.5. The number of nitrogens with one attached hydrogen (secondary N) is 1. The lowest BCUT2D eigenvalue weighted by molar-refractivity contribution is 0.0950. The van der Waals surface area contributed by atoms with Crippen molar-refractivity contribution < 1.29 is 4.79 Å². The fourth-order valence-electron chi connectivity index (χ4n) is 1.74. The molecule has 0 unspecified atom stereocenters. The lowest BCUT2D eigenvalue weighted by Crippen LogP contribution is -2.24. The van der Waals surface area contributed by atoms with Crippen molar-refractivity contribution in [3.8, 4) is 0 Å². The minimum Gasteiger partial charge on any atom is -0.384 e. The topological polar surface area (TPSA) is 72.9 Å². The molecule has 1 aromatic heterocycles. The predicted molar refractivity (Wildman–Crippen MR) is 77.7 cm³/mol. The summed E-state index contributed by atoms with van der Waals surface area (Å²) in [6.45, 7) is 2.27. The molecule has 3 N–H and O–H groups in total. The summed E-state index contributed by atoms with van der Waals surface area (Å²) in [7, 11) is 1.76. The Morgan fingerprint density at radius 3 is 2.89 bits per heavy atom. The van der Waals surface area contributed by atoms with Crippen LogP contribution < -0.4 is 11.1 Å². The van der Waals surface area contributed by atoms with E-state index < -0.39 is 0 Å². The highest BCUT2D eigenvalue weighted by Gasteiger charge is 2.11. The smallest absolute Gasteiger partial charge is 0.251 e. The Kier molecular flexibility index (Phi) is 3.90. The molecule has 19 heavy (non-hydrogen) atoms. The van der Waals surface area contributed by atoms with Gasteiger partial charge in [0.2, 0.25) is 0 Å². The Morgan fingerprint density at radius 1 is 1.53 bits per heavy atom. The second kappa shape index (κ2) is 5.44. The first-order valence-electron chi connectivity index (χ1n) is 5.79. The molecule has 2 aromatic rings. The van der Waals surface area contributed by atoms with Gasteiger partial charge in [0, 0.05) is 29.2 Å². The highest BCUT2D eigenvalue weighted by molar-refractivity contribution is 9.10. The SMILES string of the molecule is Cc1ccc(Br)cc1C(=O)NCc1cnn(C)c1N. The molecule has 0 aliphatic rings. The van der Waals surface area contributed by atoms with Gasteiger partial charge in [-0.3, -0.25) is 9.48 Å². The maximum atomic E-state index is 12.1. The number of amides is 1.